The number of hydrogen-bond acceptors (Lipinski definition) is 6. The molecule has 1 fully saturated rings. The Labute approximate surface area is 165 Å². The van der Waals surface area contributed by atoms with Crippen molar-refractivity contribution >= 4 is 17.8 Å². The van der Waals surface area contributed by atoms with E-state index in [9.17, 15) is 14.4 Å². The normalized spacial score (nSPS) is 14.2. The molecule has 2 rings (SSSR count). The molecule has 28 heavy (non-hydrogen) atoms. The highest BCUT2D eigenvalue weighted by Crippen LogP contribution is 2.11. The van der Waals surface area contributed by atoms with Crippen molar-refractivity contribution in [2.45, 2.75) is 46.6 Å². The lowest BCUT2D eigenvalue weighted by molar-refractivity contribution is -0.136. The Morgan fingerprint density at radius 2 is 2.00 bits per heavy atom. The molecule has 0 unspecified atom stereocenters. The van der Waals surface area contributed by atoms with Gasteiger partial charge in [-0.25, -0.2) is 4.98 Å². The number of morpholine rings is 1. The first-order valence-corrected chi connectivity index (χ1v) is 9.81. The fraction of sp³-hybridized carbons (Fsp3) is 0.684. The maximum absolute atomic E-state index is 12.5. The molecular formula is C19H31N5O4. The zero-order valence-electron chi connectivity index (χ0n) is 17.2. The largest absolute Gasteiger partial charge is 0.378 e. The van der Waals surface area contributed by atoms with Crippen LogP contribution in [0.25, 0.3) is 0 Å². The summed E-state index contributed by atoms with van der Waals surface area (Å²) in [5.74, 6) is 0.203. The molecule has 2 amide bonds. The van der Waals surface area contributed by atoms with Gasteiger partial charge in [-0.1, -0.05) is 0 Å². The van der Waals surface area contributed by atoms with Crippen molar-refractivity contribution in [3.8, 4) is 0 Å². The van der Waals surface area contributed by atoms with Crippen molar-refractivity contribution in [1.82, 2.24) is 20.2 Å². The SMILES string of the molecule is CCN(CC(=O)NC(C)C)C(=O)CCc1c(C)nc(N2CCOCC2)[nH]c1=O. The Bertz CT molecular complexity index is 740. The molecule has 0 atom stereocenters. The zero-order chi connectivity index (χ0) is 20.7. The molecule has 9 nitrogen and oxygen atoms in total. The molecular weight excluding hydrogens is 362 g/mol. The van der Waals surface area contributed by atoms with Gasteiger partial charge in [-0.15, -0.1) is 0 Å². The molecule has 0 aliphatic carbocycles. The predicted molar refractivity (Wildman–Crippen MR) is 106 cm³/mol. The second-order valence-electron chi connectivity index (χ2n) is 7.18. The van der Waals surface area contributed by atoms with E-state index in [0.29, 0.717) is 56.5 Å². The molecule has 0 bridgehead atoms. The monoisotopic (exact) mass is 393 g/mol. The molecule has 1 aromatic heterocycles. The average Bonchev–Trinajstić information content (AvgIpc) is 2.65. The highest BCUT2D eigenvalue weighted by atomic mass is 16.5. The van der Waals surface area contributed by atoms with Gasteiger partial charge >= 0.3 is 0 Å². The third kappa shape index (κ3) is 6.05. The first-order valence-electron chi connectivity index (χ1n) is 9.81. The van der Waals surface area contributed by atoms with E-state index in [1.165, 1.54) is 4.90 Å². The minimum absolute atomic E-state index is 0.0249. The Morgan fingerprint density at radius 3 is 2.57 bits per heavy atom. The number of aryl methyl sites for hydroxylation is 1. The summed E-state index contributed by atoms with van der Waals surface area (Å²) < 4.78 is 5.32. The van der Waals surface area contributed by atoms with Crippen molar-refractivity contribution in [1.29, 1.82) is 0 Å². The lowest BCUT2D eigenvalue weighted by Gasteiger charge is -2.27. The average molecular weight is 393 g/mol. The third-order valence-corrected chi connectivity index (χ3v) is 4.63. The lowest BCUT2D eigenvalue weighted by atomic mass is 10.1. The molecule has 2 heterocycles. The van der Waals surface area contributed by atoms with E-state index in [2.05, 4.69) is 15.3 Å². The number of hydrogen-bond donors (Lipinski definition) is 2. The van der Waals surface area contributed by atoms with Crippen LogP contribution in [0.3, 0.4) is 0 Å². The lowest BCUT2D eigenvalue weighted by Crippen LogP contribution is -2.42. The van der Waals surface area contributed by atoms with E-state index in [0.717, 1.165) is 0 Å². The van der Waals surface area contributed by atoms with Crippen molar-refractivity contribution in [3.05, 3.63) is 21.6 Å². The van der Waals surface area contributed by atoms with Gasteiger partial charge in [0.15, 0.2) is 0 Å². The van der Waals surface area contributed by atoms with E-state index in [4.69, 9.17) is 4.74 Å². The maximum atomic E-state index is 12.5. The number of H-pyrrole nitrogens is 1. The van der Waals surface area contributed by atoms with Gasteiger partial charge in [0.1, 0.15) is 0 Å². The Hall–Kier alpha value is -2.42. The number of rotatable bonds is 8. The van der Waals surface area contributed by atoms with E-state index in [-0.39, 0.29) is 36.4 Å². The van der Waals surface area contributed by atoms with Gasteiger partial charge in [-0.2, -0.15) is 0 Å². The van der Waals surface area contributed by atoms with Crippen LogP contribution in [0, 0.1) is 6.92 Å². The summed E-state index contributed by atoms with van der Waals surface area (Å²) in [6.07, 6.45) is 0.448. The van der Waals surface area contributed by atoms with Crippen molar-refractivity contribution < 1.29 is 14.3 Å². The van der Waals surface area contributed by atoms with Gasteiger partial charge in [0.25, 0.3) is 5.56 Å². The molecule has 0 aromatic carbocycles. The van der Waals surface area contributed by atoms with Crippen LogP contribution in [0.15, 0.2) is 4.79 Å². The van der Waals surface area contributed by atoms with E-state index in [1.807, 2.05) is 25.7 Å². The molecule has 1 aliphatic rings. The van der Waals surface area contributed by atoms with Crippen LogP contribution in [0.2, 0.25) is 0 Å². The van der Waals surface area contributed by atoms with Crippen LogP contribution in [-0.2, 0) is 20.7 Å². The molecule has 156 valence electrons. The topological polar surface area (TPSA) is 108 Å². The third-order valence-electron chi connectivity index (χ3n) is 4.63. The number of nitrogens with one attached hydrogen (secondary N) is 2. The summed E-state index contributed by atoms with van der Waals surface area (Å²) >= 11 is 0. The Morgan fingerprint density at radius 1 is 1.32 bits per heavy atom. The minimum Gasteiger partial charge on any atom is -0.378 e. The van der Waals surface area contributed by atoms with Crippen molar-refractivity contribution in [2.75, 3.05) is 44.3 Å². The van der Waals surface area contributed by atoms with Gasteiger partial charge in [0.05, 0.1) is 19.8 Å². The van der Waals surface area contributed by atoms with Gasteiger partial charge in [-0.3, -0.25) is 19.4 Å². The van der Waals surface area contributed by atoms with Crippen LogP contribution < -0.4 is 15.8 Å². The van der Waals surface area contributed by atoms with Crippen LogP contribution in [0.5, 0.6) is 0 Å². The van der Waals surface area contributed by atoms with Gasteiger partial charge in [0.2, 0.25) is 17.8 Å². The molecule has 1 aliphatic heterocycles. The number of anilines is 1. The number of nitrogens with zero attached hydrogens (tertiary/aromatic N) is 3. The summed E-state index contributed by atoms with van der Waals surface area (Å²) in [7, 11) is 0. The Balaban J connectivity index is 1.99. The van der Waals surface area contributed by atoms with Gasteiger partial charge < -0.3 is 19.9 Å². The van der Waals surface area contributed by atoms with Crippen LogP contribution in [-0.4, -0.2) is 72.1 Å². The molecule has 0 saturated carbocycles. The second-order valence-corrected chi connectivity index (χ2v) is 7.18. The van der Waals surface area contributed by atoms with Crippen LogP contribution in [0.1, 0.15) is 38.4 Å². The first-order chi connectivity index (χ1) is 13.3. The van der Waals surface area contributed by atoms with Gasteiger partial charge in [-0.05, 0) is 34.1 Å². The minimum atomic E-state index is -0.220. The predicted octanol–water partition coefficient (Wildman–Crippen LogP) is 0.221. The smallest absolute Gasteiger partial charge is 0.255 e. The van der Waals surface area contributed by atoms with Gasteiger partial charge in [0, 0.05) is 43.4 Å². The van der Waals surface area contributed by atoms with Crippen LogP contribution in [0.4, 0.5) is 5.95 Å². The fourth-order valence-electron chi connectivity index (χ4n) is 3.12. The number of ether oxygens (including phenoxy) is 1. The second kappa shape index (κ2) is 10.2. The molecule has 2 N–H and O–H groups in total. The summed E-state index contributed by atoms with van der Waals surface area (Å²) in [5.41, 5.74) is 0.911. The summed E-state index contributed by atoms with van der Waals surface area (Å²) in [4.78, 5) is 47.7. The Kier molecular flexibility index (Phi) is 7.98. The maximum Gasteiger partial charge on any atom is 0.255 e. The quantitative estimate of drug-likeness (QED) is 0.654. The zero-order valence-corrected chi connectivity index (χ0v) is 17.2. The van der Waals surface area contributed by atoms with Crippen molar-refractivity contribution in [3.63, 3.8) is 0 Å². The van der Waals surface area contributed by atoms with Crippen molar-refractivity contribution in [2.24, 2.45) is 0 Å². The number of carbonyl (C=O) groups is 2. The number of likely N-dealkylation sites (N-methyl/N-ethyl adjacent to an activating group) is 1. The van der Waals surface area contributed by atoms with E-state index >= 15 is 0 Å². The molecule has 1 saturated heterocycles. The number of carbonyl (C=O) groups excluding carboxylic acids is 2. The van der Waals surface area contributed by atoms with Crippen LogP contribution >= 0.6 is 0 Å². The molecule has 9 heteroatoms. The summed E-state index contributed by atoms with van der Waals surface area (Å²) in [5, 5.41) is 2.78. The summed E-state index contributed by atoms with van der Waals surface area (Å²) in [6.45, 7) is 10.4. The van der Waals surface area contributed by atoms with E-state index in [1.54, 1.807) is 6.92 Å². The first kappa shape index (κ1) is 21.9. The number of aromatic amines is 1. The standard InChI is InChI=1S/C19H31N5O4/c1-5-23(12-16(25)20-13(2)3)17(26)7-6-15-14(4)21-19(22-18(15)27)24-8-10-28-11-9-24/h13H,5-12H2,1-4H3,(H,20,25)(H,21,22,27). The molecule has 0 radical (unpaired) electrons. The fourth-order valence-corrected chi connectivity index (χ4v) is 3.12. The number of amides is 2. The summed E-state index contributed by atoms with van der Waals surface area (Å²) in [6, 6.07) is 0.0265. The molecule has 1 aromatic rings. The number of aromatic nitrogens is 2. The van der Waals surface area contributed by atoms with E-state index < -0.39 is 0 Å². The highest BCUT2D eigenvalue weighted by molar-refractivity contribution is 5.85. The molecule has 0 spiro atoms. The highest BCUT2D eigenvalue weighted by Gasteiger charge is 2.19.